The van der Waals surface area contributed by atoms with E-state index in [2.05, 4.69) is 20.5 Å². The molecule has 0 aliphatic rings. The summed E-state index contributed by atoms with van der Waals surface area (Å²) in [6.07, 6.45) is 3.88. The van der Waals surface area contributed by atoms with Crippen LogP contribution in [-0.4, -0.2) is 25.7 Å². The van der Waals surface area contributed by atoms with E-state index in [1.807, 2.05) is 53.5 Å². The van der Waals surface area contributed by atoms with Crippen LogP contribution in [0.25, 0.3) is 17.3 Å². The highest BCUT2D eigenvalue weighted by atomic mass is 32.1. The summed E-state index contributed by atoms with van der Waals surface area (Å²) < 4.78 is 7.40. The van der Waals surface area contributed by atoms with Crippen molar-refractivity contribution in [2.75, 3.05) is 5.32 Å². The predicted molar refractivity (Wildman–Crippen MR) is 93.9 cm³/mol. The number of thiazole rings is 1. The monoisotopic (exact) mass is 351 g/mol. The van der Waals surface area contributed by atoms with Crippen LogP contribution in [0, 0.1) is 6.92 Å². The Morgan fingerprint density at radius 1 is 1.16 bits per heavy atom. The van der Waals surface area contributed by atoms with Crippen LogP contribution in [0.1, 0.15) is 15.4 Å². The summed E-state index contributed by atoms with van der Waals surface area (Å²) in [5.74, 6) is -0.0358. The Hall–Kier alpha value is -3.26. The molecule has 0 atom stereocenters. The summed E-state index contributed by atoms with van der Waals surface area (Å²) in [7, 11) is 0. The molecule has 0 aliphatic heterocycles. The van der Waals surface area contributed by atoms with Gasteiger partial charge in [-0.3, -0.25) is 10.1 Å². The molecule has 0 aliphatic carbocycles. The molecule has 3 heterocycles. The van der Waals surface area contributed by atoms with Crippen LogP contribution in [0.2, 0.25) is 0 Å². The number of anilines is 1. The minimum atomic E-state index is -0.316. The lowest BCUT2D eigenvalue weighted by atomic mass is 10.2. The number of hydrogen-bond donors (Lipinski definition) is 1. The molecule has 1 aromatic carbocycles. The van der Waals surface area contributed by atoms with Crippen molar-refractivity contribution in [1.82, 2.24) is 19.7 Å². The van der Waals surface area contributed by atoms with Crippen LogP contribution in [0.3, 0.4) is 0 Å². The lowest BCUT2D eigenvalue weighted by Crippen LogP contribution is -2.12. The van der Waals surface area contributed by atoms with Gasteiger partial charge in [0.2, 0.25) is 0 Å². The van der Waals surface area contributed by atoms with Gasteiger partial charge in [-0.2, -0.15) is 0 Å². The summed E-state index contributed by atoms with van der Waals surface area (Å²) >= 11 is 1.49. The Morgan fingerprint density at radius 2 is 1.92 bits per heavy atom. The van der Waals surface area contributed by atoms with Gasteiger partial charge in [0.25, 0.3) is 11.8 Å². The van der Waals surface area contributed by atoms with Gasteiger partial charge in [0.15, 0.2) is 0 Å². The van der Waals surface area contributed by atoms with E-state index in [1.54, 1.807) is 12.1 Å². The van der Waals surface area contributed by atoms with Gasteiger partial charge in [-0.05, 0) is 43.3 Å². The van der Waals surface area contributed by atoms with E-state index in [0.717, 1.165) is 10.7 Å². The fraction of sp³-hybridized carbons (Fsp3) is 0.0588. The Kier molecular flexibility index (Phi) is 3.87. The number of rotatable bonds is 4. The molecule has 0 bridgehead atoms. The van der Waals surface area contributed by atoms with Gasteiger partial charge in [-0.15, -0.1) is 16.4 Å². The number of nitrogens with one attached hydrogen (secondary N) is 1. The second-order valence-electron chi connectivity index (χ2n) is 5.26. The van der Waals surface area contributed by atoms with Crippen molar-refractivity contribution in [2.24, 2.45) is 0 Å². The van der Waals surface area contributed by atoms with Crippen LogP contribution >= 0.6 is 11.3 Å². The summed E-state index contributed by atoms with van der Waals surface area (Å²) in [6.45, 7) is 1.89. The molecule has 0 saturated carbocycles. The highest BCUT2D eigenvalue weighted by molar-refractivity contribution is 7.09. The third-order valence-electron chi connectivity index (χ3n) is 3.52. The second-order valence-corrected chi connectivity index (χ2v) is 6.32. The van der Waals surface area contributed by atoms with E-state index < -0.39 is 0 Å². The third-order valence-corrected chi connectivity index (χ3v) is 4.29. The summed E-state index contributed by atoms with van der Waals surface area (Å²) in [5.41, 5.74) is 2.08. The lowest BCUT2D eigenvalue weighted by molar-refractivity contribution is 0.102. The molecule has 1 N–H and O–H groups in total. The number of aryl methyl sites for hydroxylation is 1. The minimum Gasteiger partial charge on any atom is -0.401 e. The van der Waals surface area contributed by atoms with Crippen molar-refractivity contribution < 1.29 is 9.21 Å². The molecule has 0 spiro atoms. The largest absolute Gasteiger partial charge is 0.401 e. The van der Waals surface area contributed by atoms with Crippen LogP contribution in [0.15, 0.2) is 58.6 Å². The number of amides is 1. The highest BCUT2D eigenvalue weighted by Crippen LogP contribution is 2.22. The van der Waals surface area contributed by atoms with Gasteiger partial charge in [0.1, 0.15) is 5.69 Å². The molecule has 0 fully saturated rings. The maximum Gasteiger partial charge on any atom is 0.322 e. The van der Waals surface area contributed by atoms with Gasteiger partial charge >= 0.3 is 6.01 Å². The van der Waals surface area contributed by atoms with Crippen molar-refractivity contribution in [3.8, 4) is 17.3 Å². The van der Waals surface area contributed by atoms with Crippen molar-refractivity contribution in [1.29, 1.82) is 0 Å². The summed E-state index contributed by atoms with van der Waals surface area (Å²) in [5, 5.41) is 13.1. The minimum absolute atomic E-state index is 0.0418. The molecule has 124 valence electrons. The Bertz CT molecular complexity index is 1000. The second kappa shape index (κ2) is 6.33. The number of aromatic nitrogens is 4. The van der Waals surface area contributed by atoms with Gasteiger partial charge in [-0.1, -0.05) is 5.10 Å². The first-order valence-corrected chi connectivity index (χ1v) is 8.38. The number of carbonyl (C=O) groups excluding carboxylic acids is 1. The lowest BCUT2D eigenvalue weighted by Gasteiger charge is -2.04. The number of hydrogen-bond acceptors (Lipinski definition) is 6. The van der Waals surface area contributed by atoms with E-state index >= 15 is 0 Å². The smallest absolute Gasteiger partial charge is 0.322 e. The normalized spacial score (nSPS) is 10.8. The molecule has 0 saturated heterocycles. The van der Waals surface area contributed by atoms with Crippen molar-refractivity contribution in [2.45, 2.75) is 6.92 Å². The summed E-state index contributed by atoms with van der Waals surface area (Å²) in [4.78, 5) is 16.6. The molecule has 7 nitrogen and oxygen atoms in total. The van der Waals surface area contributed by atoms with E-state index in [4.69, 9.17) is 4.42 Å². The molecule has 1 amide bonds. The molecule has 4 aromatic rings. The van der Waals surface area contributed by atoms with Gasteiger partial charge in [-0.25, -0.2) is 4.98 Å². The SMILES string of the molecule is Cc1nc(-c2nnc(NC(=O)c3ccc(-n4cccc4)cc3)o2)cs1. The maximum atomic E-state index is 12.3. The van der Waals surface area contributed by atoms with Crippen LogP contribution < -0.4 is 5.32 Å². The van der Waals surface area contributed by atoms with E-state index in [9.17, 15) is 4.79 Å². The van der Waals surface area contributed by atoms with Gasteiger partial charge in [0.05, 0.1) is 5.01 Å². The Morgan fingerprint density at radius 3 is 2.60 bits per heavy atom. The first kappa shape index (κ1) is 15.3. The maximum absolute atomic E-state index is 12.3. The van der Waals surface area contributed by atoms with Crippen LogP contribution in [0.5, 0.6) is 0 Å². The average Bonchev–Trinajstić information content (AvgIpc) is 3.36. The van der Waals surface area contributed by atoms with Gasteiger partial charge in [0, 0.05) is 29.0 Å². The van der Waals surface area contributed by atoms with Gasteiger partial charge < -0.3 is 8.98 Å². The molecular formula is C17H13N5O2S. The fourth-order valence-corrected chi connectivity index (χ4v) is 2.89. The third kappa shape index (κ3) is 3.20. The zero-order valence-corrected chi connectivity index (χ0v) is 14.0. The summed E-state index contributed by atoms with van der Waals surface area (Å²) in [6, 6.07) is 11.1. The zero-order valence-electron chi connectivity index (χ0n) is 13.2. The first-order valence-electron chi connectivity index (χ1n) is 7.50. The number of nitrogens with zero attached hydrogens (tertiary/aromatic N) is 4. The fourth-order valence-electron chi connectivity index (χ4n) is 2.30. The van der Waals surface area contributed by atoms with Crippen molar-refractivity contribution in [3.05, 3.63) is 64.7 Å². The molecular weight excluding hydrogens is 338 g/mol. The molecule has 0 radical (unpaired) electrons. The predicted octanol–water partition coefficient (Wildman–Crippen LogP) is 3.54. The average molecular weight is 351 g/mol. The molecule has 0 unspecified atom stereocenters. The number of carbonyl (C=O) groups is 1. The van der Waals surface area contributed by atoms with E-state index in [1.165, 1.54) is 11.3 Å². The van der Waals surface area contributed by atoms with E-state index in [0.29, 0.717) is 11.3 Å². The highest BCUT2D eigenvalue weighted by Gasteiger charge is 2.14. The van der Waals surface area contributed by atoms with E-state index in [-0.39, 0.29) is 17.8 Å². The van der Waals surface area contributed by atoms with Crippen LogP contribution in [0.4, 0.5) is 6.01 Å². The Balaban J connectivity index is 1.48. The quantitative estimate of drug-likeness (QED) is 0.608. The van der Waals surface area contributed by atoms with Crippen molar-refractivity contribution in [3.63, 3.8) is 0 Å². The topological polar surface area (TPSA) is 85.8 Å². The first-order chi connectivity index (χ1) is 12.2. The molecule has 8 heteroatoms. The molecule has 4 rings (SSSR count). The molecule has 3 aromatic heterocycles. The molecule has 25 heavy (non-hydrogen) atoms. The van der Waals surface area contributed by atoms with Crippen molar-refractivity contribution >= 4 is 23.3 Å². The van der Waals surface area contributed by atoms with Crippen LogP contribution in [-0.2, 0) is 0 Å². The zero-order chi connectivity index (χ0) is 17.2. The number of benzene rings is 1. The Labute approximate surface area is 147 Å². The standard InChI is InChI=1S/C17H13N5O2S/c1-11-18-14(10-25-11)16-20-21-17(24-16)19-15(23)12-4-6-13(7-5-12)22-8-2-3-9-22/h2-10H,1H3,(H,19,21,23).